The fraction of sp³-hybridized carbons (Fsp3) is 0.0811. The summed E-state index contributed by atoms with van der Waals surface area (Å²) in [6.45, 7) is -0.140. The maximum absolute atomic E-state index is 15.7. The summed E-state index contributed by atoms with van der Waals surface area (Å²) >= 11 is 13.8. The number of benzene rings is 5. The minimum absolute atomic E-state index is 0.0542. The van der Waals surface area contributed by atoms with Gasteiger partial charge in [-0.2, -0.15) is 0 Å². The number of nitrogens with zero attached hydrogens (tertiary/aromatic N) is 2. The lowest BCUT2D eigenvalue weighted by atomic mass is 9.77. The number of hydrogen-bond donors (Lipinski definition) is 2. The van der Waals surface area contributed by atoms with E-state index in [9.17, 15) is 4.79 Å². The van der Waals surface area contributed by atoms with Gasteiger partial charge in [0.25, 0.3) is 5.91 Å². The number of nitrogens with one attached hydrogen (secondary N) is 1. The molecule has 236 valence electrons. The molecule has 6 rings (SSSR count). The monoisotopic (exact) mass is 682 g/mol. The Bertz CT molecular complexity index is 1910. The standard InChI is InChI=1S/C37H29Cl2FN4O2S/c1-47-36-43-32(35(45)42-22-24-17-18-31(39)34(33(24)40)46-30-20-28(38)19-29(41)21-30)23-44(36)37(25-11-5-2-6-12-25,26-13-7-3-8-14-26)27-15-9-4-10-16-27/h2-21,23H,22,41H2,1H3,(H,42,45). The van der Waals surface area contributed by atoms with E-state index >= 15 is 4.39 Å². The van der Waals surface area contributed by atoms with Crippen molar-refractivity contribution in [3.63, 3.8) is 0 Å². The summed E-state index contributed by atoms with van der Waals surface area (Å²) in [5.74, 6) is -1.16. The maximum Gasteiger partial charge on any atom is 0.271 e. The number of rotatable bonds is 10. The van der Waals surface area contributed by atoms with Crippen LogP contribution in [-0.4, -0.2) is 21.7 Å². The van der Waals surface area contributed by atoms with Gasteiger partial charge in [0.2, 0.25) is 0 Å². The van der Waals surface area contributed by atoms with Crippen molar-refractivity contribution in [2.75, 3.05) is 12.0 Å². The molecule has 6 nitrogen and oxygen atoms in total. The first kappa shape index (κ1) is 32.2. The summed E-state index contributed by atoms with van der Waals surface area (Å²) in [5.41, 5.74) is 8.69. The van der Waals surface area contributed by atoms with E-state index in [1.165, 1.54) is 36.0 Å². The summed E-state index contributed by atoms with van der Waals surface area (Å²) in [6, 6.07) is 37.9. The lowest BCUT2D eigenvalue weighted by Gasteiger charge is -2.38. The van der Waals surface area contributed by atoms with Crippen molar-refractivity contribution in [3.05, 3.63) is 171 Å². The van der Waals surface area contributed by atoms with Gasteiger partial charge in [-0.25, -0.2) is 9.37 Å². The van der Waals surface area contributed by atoms with E-state index in [0.717, 1.165) is 16.7 Å². The molecular weight excluding hydrogens is 654 g/mol. The molecule has 5 aromatic carbocycles. The van der Waals surface area contributed by atoms with Crippen LogP contribution in [0.3, 0.4) is 0 Å². The van der Waals surface area contributed by atoms with Gasteiger partial charge in [0, 0.05) is 35.1 Å². The average Bonchev–Trinajstić information content (AvgIpc) is 3.52. The number of imidazole rings is 1. The van der Waals surface area contributed by atoms with Crippen molar-refractivity contribution < 1.29 is 13.9 Å². The molecule has 0 aliphatic carbocycles. The third kappa shape index (κ3) is 6.45. The summed E-state index contributed by atoms with van der Waals surface area (Å²) in [6.07, 6.45) is 3.68. The van der Waals surface area contributed by atoms with Crippen molar-refractivity contribution in [3.8, 4) is 11.5 Å². The van der Waals surface area contributed by atoms with Crippen LogP contribution in [-0.2, 0) is 12.1 Å². The highest BCUT2D eigenvalue weighted by atomic mass is 35.5. The van der Waals surface area contributed by atoms with Crippen LogP contribution in [0.5, 0.6) is 11.5 Å². The zero-order chi connectivity index (χ0) is 33.0. The molecule has 0 atom stereocenters. The lowest BCUT2D eigenvalue weighted by Crippen LogP contribution is -2.38. The Morgan fingerprint density at radius 2 is 1.47 bits per heavy atom. The van der Waals surface area contributed by atoms with Crippen molar-refractivity contribution in [2.24, 2.45) is 0 Å². The minimum atomic E-state index is -0.855. The molecule has 0 saturated heterocycles. The van der Waals surface area contributed by atoms with Gasteiger partial charge in [-0.15, -0.1) is 0 Å². The molecule has 0 spiro atoms. The van der Waals surface area contributed by atoms with E-state index in [0.29, 0.717) is 15.9 Å². The van der Waals surface area contributed by atoms with E-state index in [-0.39, 0.29) is 34.3 Å². The highest BCUT2D eigenvalue weighted by molar-refractivity contribution is 7.98. The molecular formula is C37H29Cl2FN4O2S. The number of amides is 1. The highest BCUT2D eigenvalue weighted by Gasteiger charge is 2.40. The molecule has 3 N–H and O–H groups in total. The van der Waals surface area contributed by atoms with Crippen molar-refractivity contribution in [1.82, 2.24) is 14.9 Å². The zero-order valence-corrected chi connectivity index (χ0v) is 27.5. The second kappa shape index (κ2) is 13.9. The Labute approximate surface area is 286 Å². The third-order valence-electron chi connectivity index (χ3n) is 7.71. The quantitative estimate of drug-likeness (QED) is 0.0855. The third-order valence-corrected chi connectivity index (χ3v) is 8.88. The first-order chi connectivity index (χ1) is 22.8. The molecule has 1 heterocycles. The van der Waals surface area contributed by atoms with Gasteiger partial charge >= 0.3 is 0 Å². The van der Waals surface area contributed by atoms with Gasteiger partial charge in [0.1, 0.15) is 17.0 Å². The molecule has 0 radical (unpaired) electrons. The number of anilines is 1. The highest BCUT2D eigenvalue weighted by Crippen LogP contribution is 2.43. The van der Waals surface area contributed by atoms with Gasteiger partial charge < -0.3 is 20.4 Å². The van der Waals surface area contributed by atoms with Crippen molar-refractivity contribution >= 4 is 46.6 Å². The Kier molecular flexibility index (Phi) is 9.54. The first-order valence-electron chi connectivity index (χ1n) is 14.6. The Morgan fingerprint density at radius 1 is 0.894 bits per heavy atom. The predicted octanol–water partition coefficient (Wildman–Crippen LogP) is 9.20. The summed E-state index contributed by atoms with van der Waals surface area (Å²) in [7, 11) is 0. The van der Waals surface area contributed by atoms with Crippen LogP contribution >= 0.6 is 35.0 Å². The molecule has 1 amide bonds. The Balaban J connectivity index is 1.36. The summed E-state index contributed by atoms with van der Waals surface area (Å²) < 4.78 is 23.4. The molecule has 0 unspecified atom stereocenters. The molecule has 0 fully saturated rings. The summed E-state index contributed by atoms with van der Waals surface area (Å²) in [4.78, 5) is 18.4. The SMILES string of the molecule is CSc1nc(C(=O)NCc2ccc(Cl)c(Oc3cc(N)cc(Cl)c3)c2F)cn1C(c1ccccc1)(c1ccccc1)c1ccccc1. The molecule has 10 heteroatoms. The van der Waals surface area contributed by atoms with E-state index in [4.69, 9.17) is 38.7 Å². The fourth-order valence-corrected chi connectivity index (χ4v) is 6.64. The van der Waals surface area contributed by atoms with E-state index in [2.05, 4.69) is 41.7 Å². The zero-order valence-electron chi connectivity index (χ0n) is 25.2. The van der Waals surface area contributed by atoms with E-state index in [1.807, 2.05) is 65.4 Å². The second-order valence-electron chi connectivity index (χ2n) is 10.6. The fourth-order valence-electron chi connectivity index (χ4n) is 5.64. The predicted molar refractivity (Wildman–Crippen MR) is 187 cm³/mol. The van der Waals surface area contributed by atoms with Crippen LogP contribution < -0.4 is 15.8 Å². The normalized spacial score (nSPS) is 11.3. The van der Waals surface area contributed by atoms with Gasteiger partial charge in [-0.1, -0.05) is 132 Å². The topological polar surface area (TPSA) is 82.2 Å². The number of hydrogen-bond acceptors (Lipinski definition) is 5. The van der Waals surface area contributed by atoms with Crippen LogP contribution in [0.1, 0.15) is 32.7 Å². The van der Waals surface area contributed by atoms with Gasteiger partial charge in [-0.05, 0) is 41.1 Å². The second-order valence-corrected chi connectivity index (χ2v) is 12.3. The maximum atomic E-state index is 15.7. The van der Waals surface area contributed by atoms with Gasteiger partial charge in [0.15, 0.2) is 16.7 Å². The van der Waals surface area contributed by atoms with E-state index < -0.39 is 17.3 Å². The first-order valence-corrected chi connectivity index (χ1v) is 16.6. The number of ether oxygens (including phenoxy) is 1. The number of nitrogen functional groups attached to an aromatic ring is 1. The number of carbonyl (C=O) groups is 1. The molecule has 47 heavy (non-hydrogen) atoms. The number of carbonyl (C=O) groups excluding carboxylic acids is 1. The number of nitrogens with two attached hydrogens (primary N) is 1. The number of halogens is 3. The van der Waals surface area contributed by atoms with Crippen LogP contribution in [0.4, 0.5) is 10.1 Å². The molecule has 0 saturated carbocycles. The van der Waals surface area contributed by atoms with Crippen molar-refractivity contribution in [2.45, 2.75) is 17.2 Å². The van der Waals surface area contributed by atoms with Gasteiger partial charge in [0.05, 0.1) is 5.02 Å². The van der Waals surface area contributed by atoms with Crippen LogP contribution in [0, 0.1) is 5.82 Å². The molecule has 0 bridgehead atoms. The molecule has 0 aliphatic rings. The Hall–Kier alpha value is -4.76. The summed E-state index contributed by atoms with van der Waals surface area (Å²) in [5, 5.41) is 3.83. The molecule has 1 aromatic heterocycles. The number of thioether (sulfide) groups is 1. The van der Waals surface area contributed by atoms with Crippen LogP contribution in [0.15, 0.2) is 133 Å². The molecule has 6 aromatic rings. The van der Waals surface area contributed by atoms with Crippen LogP contribution in [0.25, 0.3) is 0 Å². The van der Waals surface area contributed by atoms with E-state index in [1.54, 1.807) is 12.3 Å². The average molecular weight is 684 g/mol. The largest absolute Gasteiger partial charge is 0.453 e. The van der Waals surface area contributed by atoms with Crippen LogP contribution in [0.2, 0.25) is 10.0 Å². The molecule has 0 aliphatic heterocycles. The minimum Gasteiger partial charge on any atom is -0.453 e. The van der Waals surface area contributed by atoms with Crippen molar-refractivity contribution in [1.29, 1.82) is 0 Å². The smallest absolute Gasteiger partial charge is 0.271 e. The van der Waals surface area contributed by atoms with Gasteiger partial charge in [-0.3, -0.25) is 4.79 Å². The Morgan fingerprint density at radius 3 is 2.00 bits per heavy atom. The number of aromatic nitrogens is 2. The lowest BCUT2D eigenvalue weighted by molar-refractivity contribution is 0.0945.